The Morgan fingerprint density at radius 2 is 2.27 bits per heavy atom. The number of benzene rings is 1. The maximum atomic E-state index is 13.1. The van der Waals surface area contributed by atoms with Crippen LogP contribution in [0.15, 0.2) is 18.2 Å². The highest BCUT2D eigenvalue weighted by Gasteiger charge is 2.11. The third-order valence-electron chi connectivity index (χ3n) is 1.62. The number of nitro groups is 1. The van der Waals surface area contributed by atoms with Gasteiger partial charge in [0, 0.05) is 12.5 Å². The molecule has 0 heterocycles. The van der Waals surface area contributed by atoms with Crippen LogP contribution in [0.4, 0.5) is 10.1 Å². The van der Waals surface area contributed by atoms with E-state index in [0.717, 1.165) is 18.2 Å². The number of ether oxygens (including phenoxy) is 1. The molecular formula is C9H8FNO4. The number of rotatable bonds is 5. The molecule has 5 nitrogen and oxygen atoms in total. The molecule has 6 heteroatoms. The Balaban J connectivity index is 2.74. The molecule has 0 N–H and O–H groups in total. The molecule has 1 aromatic carbocycles. The van der Waals surface area contributed by atoms with Gasteiger partial charge in [-0.2, -0.15) is 0 Å². The Hall–Kier alpha value is -1.98. The van der Waals surface area contributed by atoms with Crippen molar-refractivity contribution in [3.63, 3.8) is 0 Å². The van der Waals surface area contributed by atoms with Crippen molar-refractivity contribution in [2.45, 2.75) is 6.42 Å². The molecule has 0 saturated heterocycles. The molecule has 15 heavy (non-hydrogen) atoms. The third-order valence-corrected chi connectivity index (χ3v) is 1.62. The Morgan fingerprint density at radius 1 is 1.53 bits per heavy atom. The summed E-state index contributed by atoms with van der Waals surface area (Å²) in [5.41, 5.74) is -0.338. The van der Waals surface area contributed by atoms with E-state index in [0.29, 0.717) is 6.29 Å². The molecule has 0 atom stereocenters. The molecule has 0 aromatic heterocycles. The van der Waals surface area contributed by atoms with Crippen molar-refractivity contribution in [2.75, 3.05) is 6.61 Å². The number of non-ortho nitro benzene ring substituents is 1. The van der Waals surface area contributed by atoms with Crippen LogP contribution in [0.5, 0.6) is 5.75 Å². The highest BCUT2D eigenvalue weighted by Crippen LogP contribution is 2.22. The van der Waals surface area contributed by atoms with Gasteiger partial charge in [0.1, 0.15) is 6.29 Å². The second-order valence-corrected chi connectivity index (χ2v) is 2.68. The number of carbonyl (C=O) groups excluding carboxylic acids is 1. The predicted octanol–water partition coefficient (Wildman–Crippen LogP) is 1.70. The summed E-state index contributed by atoms with van der Waals surface area (Å²) in [6.45, 7) is 0.0538. The highest BCUT2D eigenvalue weighted by atomic mass is 19.1. The van der Waals surface area contributed by atoms with Gasteiger partial charge in [-0.1, -0.05) is 0 Å². The van der Waals surface area contributed by atoms with E-state index in [1.54, 1.807) is 0 Å². The van der Waals surface area contributed by atoms with Gasteiger partial charge in [0.25, 0.3) is 5.69 Å². The standard InChI is InChI=1S/C9H8FNO4/c10-8-6-7(11(13)14)2-3-9(8)15-5-1-4-12/h2-4,6H,1,5H2. The summed E-state index contributed by atoms with van der Waals surface area (Å²) < 4.78 is 18.0. The topological polar surface area (TPSA) is 69.4 Å². The first kappa shape index (κ1) is 11.1. The van der Waals surface area contributed by atoms with Gasteiger partial charge in [-0.15, -0.1) is 0 Å². The van der Waals surface area contributed by atoms with Gasteiger partial charge in [0.2, 0.25) is 0 Å². The van der Waals surface area contributed by atoms with Crippen molar-refractivity contribution in [3.8, 4) is 5.75 Å². The molecule has 1 rings (SSSR count). The lowest BCUT2D eigenvalue weighted by atomic mass is 10.3. The zero-order valence-corrected chi connectivity index (χ0v) is 7.68. The first-order valence-corrected chi connectivity index (χ1v) is 4.15. The zero-order valence-electron chi connectivity index (χ0n) is 7.68. The van der Waals surface area contributed by atoms with Gasteiger partial charge in [-0.3, -0.25) is 10.1 Å². The fraction of sp³-hybridized carbons (Fsp3) is 0.222. The molecule has 0 aliphatic rings. The van der Waals surface area contributed by atoms with Crippen LogP contribution < -0.4 is 4.74 Å². The fourth-order valence-electron chi connectivity index (χ4n) is 0.937. The summed E-state index contributed by atoms with van der Waals surface area (Å²) in [5.74, 6) is -0.905. The van der Waals surface area contributed by atoms with Gasteiger partial charge < -0.3 is 9.53 Å². The van der Waals surface area contributed by atoms with Crippen molar-refractivity contribution in [2.24, 2.45) is 0 Å². The van der Waals surface area contributed by atoms with E-state index in [1.165, 1.54) is 0 Å². The summed E-state index contributed by atoms with van der Waals surface area (Å²) in [6.07, 6.45) is 0.791. The van der Waals surface area contributed by atoms with E-state index in [4.69, 9.17) is 4.74 Å². The molecule has 0 amide bonds. The van der Waals surface area contributed by atoms with E-state index in [1.807, 2.05) is 0 Å². The number of nitro benzene ring substituents is 1. The maximum Gasteiger partial charge on any atom is 0.272 e. The number of aldehydes is 1. The molecule has 0 radical (unpaired) electrons. The molecule has 0 bridgehead atoms. The molecule has 1 aromatic rings. The minimum absolute atomic E-state index is 0.0538. The van der Waals surface area contributed by atoms with Crippen molar-refractivity contribution in [1.82, 2.24) is 0 Å². The summed E-state index contributed by atoms with van der Waals surface area (Å²) >= 11 is 0. The molecule has 0 fully saturated rings. The van der Waals surface area contributed by atoms with Crippen LogP contribution in [0.2, 0.25) is 0 Å². The average molecular weight is 213 g/mol. The second-order valence-electron chi connectivity index (χ2n) is 2.68. The fourth-order valence-corrected chi connectivity index (χ4v) is 0.937. The van der Waals surface area contributed by atoms with Crippen molar-refractivity contribution >= 4 is 12.0 Å². The summed E-state index contributed by atoms with van der Waals surface area (Å²) in [7, 11) is 0. The van der Waals surface area contributed by atoms with Crippen LogP contribution >= 0.6 is 0 Å². The molecule has 80 valence electrons. The van der Waals surface area contributed by atoms with Crippen LogP contribution in [0.3, 0.4) is 0 Å². The van der Waals surface area contributed by atoms with E-state index in [-0.39, 0.29) is 24.5 Å². The largest absolute Gasteiger partial charge is 0.490 e. The lowest BCUT2D eigenvalue weighted by Gasteiger charge is -2.04. The number of nitrogens with zero attached hydrogens (tertiary/aromatic N) is 1. The first-order valence-electron chi connectivity index (χ1n) is 4.15. The smallest absolute Gasteiger partial charge is 0.272 e. The van der Waals surface area contributed by atoms with Gasteiger partial charge in [0.05, 0.1) is 17.6 Å². The molecule has 0 aliphatic heterocycles. The number of hydrogen-bond donors (Lipinski definition) is 0. The SMILES string of the molecule is O=CCCOc1ccc([N+](=O)[O-])cc1F. The lowest BCUT2D eigenvalue weighted by molar-refractivity contribution is -0.385. The molecule has 0 unspecified atom stereocenters. The summed E-state index contributed by atoms with van der Waals surface area (Å²) in [6, 6.07) is 3.08. The molecule has 0 spiro atoms. The highest BCUT2D eigenvalue weighted by molar-refractivity contribution is 5.49. The van der Waals surface area contributed by atoms with Gasteiger partial charge in [0.15, 0.2) is 11.6 Å². The predicted molar refractivity (Wildman–Crippen MR) is 49.2 cm³/mol. The van der Waals surface area contributed by atoms with Crippen molar-refractivity contribution in [3.05, 3.63) is 34.1 Å². The number of carbonyl (C=O) groups is 1. The van der Waals surface area contributed by atoms with Crippen LogP contribution in [-0.2, 0) is 4.79 Å². The normalized spacial score (nSPS) is 9.67. The van der Waals surface area contributed by atoms with Crippen molar-refractivity contribution in [1.29, 1.82) is 0 Å². The number of hydrogen-bond acceptors (Lipinski definition) is 4. The Bertz CT molecular complexity index is 380. The Labute approximate surface area is 84.6 Å². The van der Waals surface area contributed by atoms with Gasteiger partial charge in [-0.25, -0.2) is 4.39 Å². The van der Waals surface area contributed by atoms with Crippen LogP contribution in [0.1, 0.15) is 6.42 Å². The molecular weight excluding hydrogens is 205 g/mol. The van der Waals surface area contributed by atoms with E-state index in [2.05, 4.69) is 0 Å². The quantitative estimate of drug-likeness (QED) is 0.323. The van der Waals surface area contributed by atoms with E-state index < -0.39 is 10.7 Å². The number of halogens is 1. The molecule has 0 aliphatic carbocycles. The van der Waals surface area contributed by atoms with Gasteiger partial charge >= 0.3 is 0 Å². The van der Waals surface area contributed by atoms with Crippen LogP contribution in [0, 0.1) is 15.9 Å². The zero-order chi connectivity index (χ0) is 11.3. The van der Waals surface area contributed by atoms with Crippen LogP contribution in [0.25, 0.3) is 0 Å². The minimum Gasteiger partial charge on any atom is -0.490 e. The monoisotopic (exact) mass is 213 g/mol. The lowest BCUT2D eigenvalue weighted by Crippen LogP contribution is -2.00. The van der Waals surface area contributed by atoms with E-state index >= 15 is 0 Å². The second kappa shape index (κ2) is 5.04. The summed E-state index contributed by atoms with van der Waals surface area (Å²) in [5, 5.41) is 10.3. The average Bonchev–Trinajstić information content (AvgIpc) is 2.20. The third kappa shape index (κ3) is 3.01. The Kier molecular flexibility index (Phi) is 3.73. The van der Waals surface area contributed by atoms with Crippen LogP contribution in [-0.4, -0.2) is 17.8 Å². The van der Waals surface area contributed by atoms with Gasteiger partial charge in [-0.05, 0) is 6.07 Å². The molecule has 0 saturated carbocycles. The maximum absolute atomic E-state index is 13.1. The summed E-state index contributed by atoms with van der Waals surface area (Å²) in [4.78, 5) is 19.5. The van der Waals surface area contributed by atoms with Crippen molar-refractivity contribution < 1.29 is 18.8 Å². The first-order chi connectivity index (χ1) is 7.15. The minimum atomic E-state index is -0.810. The van der Waals surface area contributed by atoms with E-state index in [9.17, 15) is 19.3 Å². The Morgan fingerprint density at radius 3 is 2.80 bits per heavy atom.